The van der Waals surface area contributed by atoms with Crippen LogP contribution in [0.5, 0.6) is 0 Å². The molecule has 1 saturated heterocycles. The van der Waals surface area contributed by atoms with Crippen molar-refractivity contribution in [1.29, 1.82) is 0 Å². The molecule has 0 saturated carbocycles. The van der Waals surface area contributed by atoms with Gasteiger partial charge in [-0.3, -0.25) is 9.59 Å². The quantitative estimate of drug-likeness (QED) is 0.830. The molecule has 2 N–H and O–H groups in total. The molecule has 0 unspecified atom stereocenters. The van der Waals surface area contributed by atoms with Crippen LogP contribution in [-0.4, -0.2) is 44.2 Å². The van der Waals surface area contributed by atoms with Crippen molar-refractivity contribution in [3.8, 4) is 0 Å². The summed E-state index contributed by atoms with van der Waals surface area (Å²) in [6.07, 6.45) is 3.41. The van der Waals surface area contributed by atoms with Gasteiger partial charge in [0, 0.05) is 36.4 Å². The number of carbonyl (C=O) groups excluding carboxylic acids is 2. The van der Waals surface area contributed by atoms with Gasteiger partial charge in [0.2, 0.25) is 15.9 Å². The number of carbonyl (C=O) groups is 2. The van der Waals surface area contributed by atoms with Crippen LogP contribution in [0.3, 0.4) is 0 Å². The summed E-state index contributed by atoms with van der Waals surface area (Å²) in [4.78, 5) is 26.3. The first-order valence-corrected chi connectivity index (χ1v) is 11.2. The minimum Gasteiger partial charge on any atom is -0.366 e. The first-order chi connectivity index (χ1) is 13.9. The molecule has 7 nitrogen and oxygen atoms in total. The van der Waals surface area contributed by atoms with Gasteiger partial charge in [0.25, 0.3) is 5.91 Å². The topological polar surface area (TPSA) is 101 Å². The van der Waals surface area contributed by atoms with E-state index < -0.39 is 15.9 Å². The normalized spacial score (nSPS) is 17.2. The van der Waals surface area contributed by atoms with Gasteiger partial charge in [0.1, 0.15) is 0 Å². The zero-order chi connectivity index (χ0) is 20.6. The third-order valence-corrected chi connectivity index (χ3v) is 7.43. The van der Waals surface area contributed by atoms with Crippen molar-refractivity contribution in [2.75, 3.05) is 24.5 Å². The van der Waals surface area contributed by atoms with E-state index in [1.807, 2.05) is 0 Å². The Bertz CT molecular complexity index is 1080. The standard InChI is InChI=1S/C21H23N3O4S/c22-20(25)16-5-4-6-17(13-16)21(26)24-12-9-15-14-18(7-8-19(15)24)29(27,28)23-10-2-1-3-11-23/h4-8,13-14H,1-3,9-12H2,(H2,22,25). The first kappa shape index (κ1) is 19.6. The van der Waals surface area contributed by atoms with E-state index in [1.165, 1.54) is 6.07 Å². The smallest absolute Gasteiger partial charge is 0.258 e. The average molecular weight is 413 g/mol. The largest absolute Gasteiger partial charge is 0.366 e. The fourth-order valence-corrected chi connectivity index (χ4v) is 5.53. The van der Waals surface area contributed by atoms with Gasteiger partial charge >= 0.3 is 0 Å². The van der Waals surface area contributed by atoms with E-state index in [2.05, 4.69) is 0 Å². The van der Waals surface area contributed by atoms with Crippen molar-refractivity contribution < 1.29 is 18.0 Å². The molecule has 0 aromatic heterocycles. The van der Waals surface area contributed by atoms with Crippen LogP contribution in [0.15, 0.2) is 47.4 Å². The number of fused-ring (bicyclic) bond motifs is 1. The van der Waals surface area contributed by atoms with Gasteiger partial charge in [0.15, 0.2) is 0 Å². The van der Waals surface area contributed by atoms with Gasteiger partial charge in [0.05, 0.1) is 4.90 Å². The molecular weight excluding hydrogens is 390 g/mol. The second kappa shape index (κ2) is 7.61. The highest BCUT2D eigenvalue weighted by Crippen LogP contribution is 2.32. The molecule has 0 radical (unpaired) electrons. The van der Waals surface area contributed by atoms with E-state index in [1.54, 1.807) is 45.6 Å². The molecule has 1 fully saturated rings. The van der Waals surface area contributed by atoms with Gasteiger partial charge in [-0.25, -0.2) is 8.42 Å². The zero-order valence-corrected chi connectivity index (χ0v) is 16.8. The Balaban J connectivity index is 1.61. The van der Waals surface area contributed by atoms with E-state index in [0.29, 0.717) is 37.3 Å². The summed E-state index contributed by atoms with van der Waals surface area (Å²) in [7, 11) is -3.51. The Morgan fingerprint density at radius 3 is 2.34 bits per heavy atom. The molecule has 2 heterocycles. The van der Waals surface area contributed by atoms with E-state index in [9.17, 15) is 18.0 Å². The molecule has 8 heteroatoms. The predicted molar refractivity (Wildman–Crippen MR) is 109 cm³/mol. The molecular formula is C21H23N3O4S. The van der Waals surface area contributed by atoms with Crippen molar-refractivity contribution in [2.24, 2.45) is 5.73 Å². The van der Waals surface area contributed by atoms with E-state index in [0.717, 1.165) is 24.8 Å². The number of piperidine rings is 1. The summed E-state index contributed by atoms with van der Waals surface area (Å²) in [6, 6.07) is 11.3. The molecule has 0 atom stereocenters. The Hall–Kier alpha value is -2.71. The number of hydrogen-bond donors (Lipinski definition) is 1. The van der Waals surface area contributed by atoms with E-state index in [4.69, 9.17) is 5.73 Å². The fourth-order valence-electron chi connectivity index (χ4n) is 3.97. The number of nitrogens with zero attached hydrogens (tertiary/aromatic N) is 2. The molecule has 152 valence electrons. The number of amides is 2. The van der Waals surface area contributed by atoms with Gasteiger partial charge in [-0.15, -0.1) is 0 Å². The van der Waals surface area contributed by atoms with E-state index in [-0.39, 0.29) is 16.4 Å². The summed E-state index contributed by atoms with van der Waals surface area (Å²) in [6.45, 7) is 1.57. The molecule has 2 aromatic rings. The maximum absolute atomic E-state index is 13.0. The van der Waals surface area contributed by atoms with Gasteiger partial charge in [-0.2, -0.15) is 4.31 Å². The summed E-state index contributed by atoms with van der Waals surface area (Å²) >= 11 is 0. The Kier molecular flexibility index (Phi) is 5.14. The van der Waals surface area contributed by atoms with Crippen molar-refractivity contribution in [1.82, 2.24) is 4.31 Å². The van der Waals surface area contributed by atoms with Crippen molar-refractivity contribution >= 4 is 27.5 Å². The SMILES string of the molecule is NC(=O)c1cccc(C(=O)N2CCc3cc(S(=O)(=O)N4CCCCC4)ccc32)c1. The second-order valence-electron chi connectivity index (χ2n) is 7.41. The number of nitrogens with two attached hydrogens (primary N) is 1. The molecule has 2 aromatic carbocycles. The lowest BCUT2D eigenvalue weighted by atomic mass is 10.1. The van der Waals surface area contributed by atoms with Crippen LogP contribution < -0.4 is 10.6 Å². The number of primary amides is 1. The summed E-state index contributed by atoms with van der Waals surface area (Å²) in [5, 5.41) is 0. The van der Waals surface area contributed by atoms with Crippen molar-refractivity contribution in [2.45, 2.75) is 30.6 Å². The molecule has 0 aliphatic carbocycles. The average Bonchev–Trinajstić information content (AvgIpc) is 3.17. The van der Waals surface area contributed by atoms with Gasteiger partial charge < -0.3 is 10.6 Å². The summed E-state index contributed by atoms with van der Waals surface area (Å²) in [5.41, 5.74) is 7.50. The molecule has 29 heavy (non-hydrogen) atoms. The number of rotatable bonds is 4. The molecule has 2 aliphatic rings. The van der Waals surface area contributed by atoms with Gasteiger partial charge in [-0.05, 0) is 61.2 Å². The van der Waals surface area contributed by atoms with Crippen molar-refractivity contribution in [3.05, 3.63) is 59.2 Å². The summed E-state index contributed by atoms with van der Waals surface area (Å²) in [5.74, 6) is -0.826. The van der Waals surface area contributed by atoms with Crippen LogP contribution in [0.25, 0.3) is 0 Å². The molecule has 4 rings (SSSR count). The second-order valence-corrected chi connectivity index (χ2v) is 9.35. The van der Waals surface area contributed by atoms with Crippen LogP contribution in [0.4, 0.5) is 5.69 Å². The lowest BCUT2D eigenvalue weighted by Gasteiger charge is -2.26. The van der Waals surface area contributed by atoms with Gasteiger partial charge in [-0.1, -0.05) is 12.5 Å². The molecule has 2 amide bonds. The Labute approximate surface area is 170 Å². The van der Waals surface area contributed by atoms with Crippen LogP contribution in [0, 0.1) is 0 Å². The Morgan fingerprint density at radius 1 is 0.897 bits per heavy atom. The third kappa shape index (κ3) is 3.65. The zero-order valence-electron chi connectivity index (χ0n) is 16.0. The minimum atomic E-state index is -3.51. The monoisotopic (exact) mass is 413 g/mol. The first-order valence-electron chi connectivity index (χ1n) is 9.73. The highest BCUT2D eigenvalue weighted by atomic mass is 32.2. The number of anilines is 1. The molecule has 0 spiro atoms. The molecule has 0 bridgehead atoms. The van der Waals surface area contributed by atoms with Crippen LogP contribution in [0.1, 0.15) is 45.5 Å². The van der Waals surface area contributed by atoms with Crippen LogP contribution in [-0.2, 0) is 16.4 Å². The van der Waals surface area contributed by atoms with E-state index >= 15 is 0 Å². The number of sulfonamides is 1. The molecule has 2 aliphatic heterocycles. The van der Waals surface area contributed by atoms with Crippen LogP contribution in [0.2, 0.25) is 0 Å². The highest BCUT2D eigenvalue weighted by molar-refractivity contribution is 7.89. The lowest BCUT2D eigenvalue weighted by molar-refractivity contribution is 0.0989. The lowest BCUT2D eigenvalue weighted by Crippen LogP contribution is -2.35. The number of hydrogen-bond acceptors (Lipinski definition) is 4. The Morgan fingerprint density at radius 2 is 1.62 bits per heavy atom. The fraction of sp³-hybridized carbons (Fsp3) is 0.333. The minimum absolute atomic E-state index is 0.238. The summed E-state index contributed by atoms with van der Waals surface area (Å²) < 4.78 is 27.4. The van der Waals surface area contributed by atoms with Crippen molar-refractivity contribution in [3.63, 3.8) is 0 Å². The maximum atomic E-state index is 13.0. The number of benzene rings is 2. The maximum Gasteiger partial charge on any atom is 0.258 e. The highest BCUT2D eigenvalue weighted by Gasteiger charge is 2.30. The van der Waals surface area contributed by atoms with Crippen LogP contribution >= 0.6 is 0 Å². The third-order valence-electron chi connectivity index (χ3n) is 5.54. The predicted octanol–water partition coefficient (Wildman–Crippen LogP) is 2.16.